The Morgan fingerprint density at radius 1 is 1.02 bits per heavy atom. The lowest BCUT2D eigenvalue weighted by Gasteiger charge is -2.29. The van der Waals surface area contributed by atoms with Crippen LogP contribution in [0.3, 0.4) is 0 Å². The van der Waals surface area contributed by atoms with Crippen LogP contribution in [0.15, 0.2) is 84.3 Å². The average molecular weight is 569 g/mol. The van der Waals surface area contributed by atoms with E-state index in [4.69, 9.17) is 9.47 Å². The number of amides is 3. The van der Waals surface area contributed by atoms with Crippen molar-refractivity contribution in [3.63, 3.8) is 0 Å². The van der Waals surface area contributed by atoms with Gasteiger partial charge in [0.15, 0.2) is 11.5 Å². The Hall–Kier alpha value is -4.30. The first-order valence-corrected chi connectivity index (χ1v) is 14.5. The number of ether oxygens (including phenoxy) is 2. The molecule has 0 spiro atoms. The Morgan fingerprint density at radius 2 is 1.78 bits per heavy atom. The predicted molar refractivity (Wildman–Crippen MR) is 161 cm³/mol. The number of hydrogen-bond acceptors (Lipinski definition) is 6. The van der Waals surface area contributed by atoms with E-state index in [-0.39, 0.29) is 17.4 Å². The fourth-order valence-corrected chi connectivity index (χ4v) is 5.80. The van der Waals surface area contributed by atoms with E-state index in [0.29, 0.717) is 49.8 Å². The van der Waals surface area contributed by atoms with Gasteiger partial charge in [0.25, 0.3) is 11.1 Å². The number of benzene rings is 3. The van der Waals surface area contributed by atoms with Gasteiger partial charge in [0, 0.05) is 18.7 Å². The third kappa shape index (κ3) is 6.55. The van der Waals surface area contributed by atoms with E-state index in [9.17, 15) is 14.4 Å². The zero-order chi connectivity index (χ0) is 28.8. The zero-order valence-corrected chi connectivity index (χ0v) is 23.8. The van der Waals surface area contributed by atoms with E-state index in [1.165, 1.54) is 5.56 Å². The van der Waals surface area contributed by atoms with E-state index in [2.05, 4.69) is 12.6 Å². The topological polar surface area (TPSA) is 76.2 Å². The molecule has 0 N–H and O–H groups in total. The fourth-order valence-electron chi connectivity index (χ4n) is 4.96. The second-order valence-electron chi connectivity index (χ2n) is 9.81. The highest BCUT2D eigenvalue weighted by Gasteiger charge is 2.37. The Balaban J connectivity index is 1.34. The minimum Gasteiger partial charge on any atom is -0.490 e. The normalized spacial score (nSPS) is 15.7. The van der Waals surface area contributed by atoms with Gasteiger partial charge in [0.1, 0.15) is 13.2 Å². The molecule has 8 heteroatoms. The summed E-state index contributed by atoms with van der Waals surface area (Å²) in [5.74, 6) is 0.455. The molecule has 3 aromatic carbocycles. The Kier molecular flexibility index (Phi) is 8.89. The number of rotatable bonds is 10. The van der Waals surface area contributed by atoms with Crippen molar-refractivity contribution in [3.8, 4) is 11.5 Å². The van der Waals surface area contributed by atoms with Crippen LogP contribution in [0.4, 0.5) is 4.79 Å². The summed E-state index contributed by atoms with van der Waals surface area (Å²) in [6, 6.07) is 21.6. The first-order chi connectivity index (χ1) is 20.0. The molecule has 0 saturated carbocycles. The molecule has 7 nitrogen and oxygen atoms in total. The van der Waals surface area contributed by atoms with Crippen LogP contribution >= 0.6 is 11.8 Å². The lowest BCUT2D eigenvalue weighted by Crippen LogP contribution is -2.44. The van der Waals surface area contributed by atoms with E-state index in [0.717, 1.165) is 39.8 Å². The summed E-state index contributed by atoms with van der Waals surface area (Å²) in [6.45, 7) is 7.34. The molecule has 5 rings (SSSR count). The van der Waals surface area contributed by atoms with Crippen molar-refractivity contribution in [2.45, 2.75) is 32.9 Å². The Bertz CT molecular complexity index is 1500. The van der Waals surface area contributed by atoms with E-state index in [1.54, 1.807) is 23.1 Å². The first kappa shape index (κ1) is 28.2. The summed E-state index contributed by atoms with van der Waals surface area (Å²) in [4.78, 5) is 42.1. The molecule has 0 atom stereocenters. The maximum absolute atomic E-state index is 13.3. The van der Waals surface area contributed by atoms with Crippen molar-refractivity contribution in [1.29, 1.82) is 0 Å². The molecule has 2 aliphatic rings. The van der Waals surface area contributed by atoms with Gasteiger partial charge in [-0.05, 0) is 72.0 Å². The quantitative estimate of drug-likeness (QED) is 0.220. The molecular weight excluding hydrogens is 536 g/mol. The molecule has 3 aromatic rings. The summed E-state index contributed by atoms with van der Waals surface area (Å²) >= 11 is 0.840. The minimum absolute atomic E-state index is 0.241. The number of carbonyl (C=O) groups excluding carboxylic acids is 3. The first-order valence-electron chi connectivity index (χ1n) is 13.6. The van der Waals surface area contributed by atoms with Gasteiger partial charge in [-0.15, -0.1) is 6.58 Å². The lowest BCUT2D eigenvalue weighted by molar-refractivity contribution is -0.136. The van der Waals surface area contributed by atoms with Crippen LogP contribution in [-0.2, 0) is 35.6 Å². The molecule has 3 amide bonds. The van der Waals surface area contributed by atoms with Crippen LogP contribution in [0.25, 0.3) is 6.08 Å². The number of imide groups is 1. The molecule has 0 radical (unpaired) electrons. The van der Waals surface area contributed by atoms with Crippen LogP contribution in [0.2, 0.25) is 0 Å². The van der Waals surface area contributed by atoms with Crippen LogP contribution in [0, 0.1) is 0 Å². The number of allylic oxidation sites excluding steroid dienone is 1. The molecule has 0 aromatic heterocycles. The summed E-state index contributed by atoms with van der Waals surface area (Å²) < 4.78 is 12.1. The number of hydrogen-bond donors (Lipinski definition) is 0. The number of nitrogens with zero attached hydrogens (tertiary/aromatic N) is 2. The highest BCUT2D eigenvalue weighted by molar-refractivity contribution is 8.18. The zero-order valence-electron chi connectivity index (χ0n) is 23.0. The van der Waals surface area contributed by atoms with E-state index < -0.39 is 11.1 Å². The van der Waals surface area contributed by atoms with Gasteiger partial charge in [-0.1, -0.05) is 60.7 Å². The molecule has 1 saturated heterocycles. The third-order valence-corrected chi connectivity index (χ3v) is 7.90. The Morgan fingerprint density at radius 3 is 2.54 bits per heavy atom. The van der Waals surface area contributed by atoms with Crippen molar-refractivity contribution in [2.24, 2.45) is 0 Å². The number of thioether (sulfide) groups is 1. The Labute approximate surface area is 244 Å². The molecule has 0 unspecified atom stereocenters. The van der Waals surface area contributed by atoms with Crippen molar-refractivity contribution in [1.82, 2.24) is 9.80 Å². The second-order valence-corrected chi connectivity index (χ2v) is 10.8. The highest BCUT2D eigenvalue weighted by atomic mass is 32.2. The smallest absolute Gasteiger partial charge is 0.294 e. The van der Waals surface area contributed by atoms with E-state index >= 15 is 0 Å². The number of carbonyl (C=O) groups is 3. The van der Waals surface area contributed by atoms with Crippen LogP contribution in [-0.4, -0.2) is 46.5 Å². The maximum atomic E-state index is 13.3. The maximum Gasteiger partial charge on any atom is 0.294 e. The van der Waals surface area contributed by atoms with Crippen molar-refractivity contribution >= 4 is 34.9 Å². The molecule has 0 aliphatic carbocycles. The molecule has 2 aliphatic heterocycles. The summed E-state index contributed by atoms with van der Waals surface area (Å²) in [5, 5.41) is -0.453. The molecule has 1 fully saturated rings. The van der Waals surface area contributed by atoms with Crippen LogP contribution < -0.4 is 9.47 Å². The van der Waals surface area contributed by atoms with Gasteiger partial charge in [-0.2, -0.15) is 0 Å². The largest absolute Gasteiger partial charge is 0.490 e. The standard InChI is InChI=1S/C33H32N2O5S/c1-3-10-26-17-24(18-28(39-4-2)31(26)40-22-23-11-6-5-7-12-23)19-29-32(37)35(33(38)41-29)21-30(36)34-16-15-25-13-8-9-14-27(25)20-34/h3,5-9,11-14,17-19H,1,4,10,15-16,20-22H2,2H3/b29-19-. The molecule has 0 bridgehead atoms. The lowest BCUT2D eigenvalue weighted by atomic mass is 10.00. The predicted octanol–water partition coefficient (Wildman–Crippen LogP) is 6.01. The van der Waals surface area contributed by atoms with Gasteiger partial charge >= 0.3 is 0 Å². The summed E-state index contributed by atoms with van der Waals surface area (Å²) in [7, 11) is 0. The summed E-state index contributed by atoms with van der Waals surface area (Å²) in [6.07, 6.45) is 4.73. The van der Waals surface area contributed by atoms with Crippen molar-refractivity contribution in [3.05, 3.63) is 112 Å². The van der Waals surface area contributed by atoms with Gasteiger partial charge in [0.2, 0.25) is 5.91 Å². The summed E-state index contributed by atoms with van der Waals surface area (Å²) in [5.41, 5.74) is 4.90. The van der Waals surface area contributed by atoms with Gasteiger partial charge in [-0.3, -0.25) is 19.3 Å². The molecule has 210 valence electrons. The monoisotopic (exact) mass is 568 g/mol. The fraction of sp³-hybridized carbons (Fsp3) is 0.242. The van der Waals surface area contributed by atoms with Crippen molar-refractivity contribution in [2.75, 3.05) is 19.7 Å². The highest BCUT2D eigenvalue weighted by Crippen LogP contribution is 2.38. The van der Waals surface area contributed by atoms with Crippen LogP contribution in [0.1, 0.15) is 34.7 Å². The third-order valence-electron chi connectivity index (χ3n) is 6.99. The molecule has 41 heavy (non-hydrogen) atoms. The number of fused-ring (bicyclic) bond motifs is 1. The second kappa shape index (κ2) is 12.9. The molecular formula is C33H32N2O5S. The van der Waals surface area contributed by atoms with Gasteiger partial charge in [-0.25, -0.2) is 0 Å². The van der Waals surface area contributed by atoms with Gasteiger partial charge < -0.3 is 14.4 Å². The molecule has 2 heterocycles. The minimum atomic E-state index is -0.474. The SMILES string of the molecule is C=CCc1cc(/C=C2\SC(=O)N(CC(=O)N3CCc4ccccc4C3)C2=O)cc(OCC)c1OCc1ccccc1. The van der Waals surface area contributed by atoms with Crippen LogP contribution in [0.5, 0.6) is 11.5 Å². The van der Waals surface area contributed by atoms with Crippen molar-refractivity contribution < 1.29 is 23.9 Å². The average Bonchev–Trinajstić information content (AvgIpc) is 3.24. The van der Waals surface area contributed by atoms with Gasteiger partial charge in [0.05, 0.1) is 11.5 Å². The van der Waals surface area contributed by atoms with E-state index in [1.807, 2.05) is 61.5 Å².